The first-order valence-corrected chi connectivity index (χ1v) is 10.4. The van der Waals surface area contributed by atoms with E-state index in [0.717, 1.165) is 31.2 Å². The van der Waals surface area contributed by atoms with Crippen molar-refractivity contribution in [3.05, 3.63) is 51.4 Å². The van der Waals surface area contributed by atoms with Gasteiger partial charge >= 0.3 is 5.97 Å². The SMILES string of the molecule is CCC1CCc2c(sc(NC(=O)c3ccc(C(C)C)cc3)c2C(=O)OC)C1. The Balaban J connectivity index is 1.88. The number of thiophene rings is 1. The molecule has 0 saturated heterocycles. The van der Waals surface area contributed by atoms with Crippen LogP contribution in [0.15, 0.2) is 24.3 Å². The number of carbonyl (C=O) groups is 2. The van der Waals surface area contributed by atoms with Gasteiger partial charge in [0.1, 0.15) is 5.00 Å². The normalized spacial score (nSPS) is 16.1. The number of nitrogens with one attached hydrogen (secondary N) is 1. The molecule has 0 aliphatic heterocycles. The molecule has 4 nitrogen and oxygen atoms in total. The second-order valence-corrected chi connectivity index (χ2v) is 8.55. The molecule has 2 aromatic rings. The third-order valence-corrected chi connectivity index (χ3v) is 6.57. The maximum Gasteiger partial charge on any atom is 0.341 e. The molecule has 0 radical (unpaired) electrons. The van der Waals surface area contributed by atoms with Crippen molar-refractivity contribution >= 4 is 28.2 Å². The van der Waals surface area contributed by atoms with E-state index in [0.29, 0.717) is 28.0 Å². The first kappa shape index (κ1) is 19.6. The minimum atomic E-state index is -0.368. The lowest BCUT2D eigenvalue weighted by Gasteiger charge is -2.20. The summed E-state index contributed by atoms with van der Waals surface area (Å²) in [6, 6.07) is 7.63. The number of hydrogen-bond donors (Lipinski definition) is 1. The van der Waals surface area contributed by atoms with E-state index in [2.05, 4.69) is 26.1 Å². The van der Waals surface area contributed by atoms with Gasteiger partial charge in [-0.15, -0.1) is 11.3 Å². The van der Waals surface area contributed by atoms with Crippen LogP contribution in [0.4, 0.5) is 5.00 Å². The number of hydrogen-bond acceptors (Lipinski definition) is 4. The molecule has 3 rings (SSSR count). The molecule has 0 bridgehead atoms. The van der Waals surface area contributed by atoms with Gasteiger partial charge in [-0.1, -0.05) is 39.3 Å². The fourth-order valence-corrected chi connectivity index (χ4v) is 4.95. The summed E-state index contributed by atoms with van der Waals surface area (Å²) in [5.74, 6) is 0.506. The summed E-state index contributed by atoms with van der Waals surface area (Å²) >= 11 is 1.52. The summed E-state index contributed by atoms with van der Waals surface area (Å²) in [7, 11) is 1.39. The molecule has 0 spiro atoms. The van der Waals surface area contributed by atoms with Gasteiger partial charge in [0.25, 0.3) is 5.91 Å². The molecule has 5 heteroatoms. The molecule has 144 valence electrons. The highest BCUT2D eigenvalue weighted by Gasteiger charge is 2.29. The van der Waals surface area contributed by atoms with Gasteiger partial charge < -0.3 is 10.1 Å². The average Bonchev–Trinajstić information content (AvgIpc) is 3.04. The summed E-state index contributed by atoms with van der Waals surface area (Å²) < 4.78 is 5.00. The number of anilines is 1. The van der Waals surface area contributed by atoms with Crippen LogP contribution < -0.4 is 5.32 Å². The van der Waals surface area contributed by atoms with E-state index in [1.165, 1.54) is 28.9 Å². The maximum atomic E-state index is 12.7. The highest BCUT2D eigenvalue weighted by molar-refractivity contribution is 7.17. The van der Waals surface area contributed by atoms with Crippen LogP contribution in [0.25, 0.3) is 0 Å². The summed E-state index contributed by atoms with van der Waals surface area (Å²) in [6.45, 7) is 6.45. The standard InChI is InChI=1S/C22H27NO3S/c1-5-14-6-11-17-18(12-14)27-21(19(17)22(25)26-4)23-20(24)16-9-7-15(8-10-16)13(2)3/h7-10,13-14H,5-6,11-12H2,1-4H3,(H,23,24). The second-order valence-electron chi connectivity index (χ2n) is 7.45. The Morgan fingerprint density at radius 3 is 2.56 bits per heavy atom. The molecule has 0 saturated carbocycles. The molecular weight excluding hydrogens is 358 g/mol. The average molecular weight is 386 g/mol. The topological polar surface area (TPSA) is 55.4 Å². The van der Waals surface area contributed by atoms with Crippen LogP contribution in [0.2, 0.25) is 0 Å². The predicted octanol–water partition coefficient (Wildman–Crippen LogP) is 5.43. The number of fused-ring (bicyclic) bond motifs is 1. The Labute approximate surface area is 164 Å². The van der Waals surface area contributed by atoms with Crippen molar-refractivity contribution in [1.82, 2.24) is 0 Å². The van der Waals surface area contributed by atoms with Crippen molar-refractivity contribution in [1.29, 1.82) is 0 Å². The van der Waals surface area contributed by atoms with E-state index in [4.69, 9.17) is 4.74 Å². The third-order valence-electron chi connectivity index (χ3n) is 5.40. The summed E-state index contributed by atoms with van der Waals surface area (Å²) in [6.07, 6.45) is 4.05. The lowest BCUT2D eigenvalue weighted by Crippen LogP contribution is -2.16. The first-order chi connectivity index (χ1) is 12.9. The molecule has 1 unspecified atom stereocenters. The van der Waals surface area contributed by atoms with E-state index >= 15 is 0 Å². The van der Waals surface area contributed by atoms with Crippen molar-refractivity contribution in [2.24, 2.45) is 5.92 Å². The van der Waals surface area contributed by atoms with E-state index in [1.54, 1.807) is 0 Å². The van der Waals surface area contributed by atoms with Gasteiger partial charge in [-0.25, -0.2) is 4.79 Å². The van der Waals surface area contributed by atoms with Gasteiger partial charge in [0.15, 0.2) is 0 Å². The highest BCUT2D eigenvalue weighted by Crippen LogP contribution is 2.41. The number of esters is 1. The first-order valence-electron chi connectivity index (χ1n) is 9.58. The zero-order valence-electron chi connectivity index (χ0n) is 16.4. The quantitative estimate of drug-likeness (QED) is 0.699. The van der Waals surface area contributed by atoms with E-state index in [-0.39, 0.29) is 11.9 Å². The molecule has 1 atom stereocenters. The monoisotopic (exact) mass is 385 g/mol. The zero-order valence-corrected chi connectivity index (χ0v) is 17.2. The van der Waals surface area contributed by atoms with E-state index in [9.17, 15) is 9.59 Å². The minimum absolute atomic E-state index is 0.193. The van der Waals surface area contributed by atoms with E-state index in [1.807, 2.05) is 24.3 Å². The zero-order chi connectivity index (χ0) is 19.6. The van der Waals surface area contributed by atoms with Gasteiger partial charge in [-0.05, 0) is 54.4 Å². The van der Waals surface area contributed by atoms with Gasteiger partial charge in [0, 0.05) is 10.4 Å². The van der Waals surface area contributed by atoms with Crippen LogP contribution in [-0.2, 0) is 17.6 Å². The number of amides is 1. The number of ether oxygens (including phenoxy) is 1. The second kappa shape index (κ2) is 8.26. The Bertz CT molecular complexity index is 836. The molecule has 0 fully saturated rings. The molecule has 1 heterocycles. The Morgan fingerprint density at radius 1 is 1.26 bits per heavy atom. The lowest BCUT2D eigenvalue weighted by atomic mass is 9.85. The van der Waals surface area contributed by atoms with Crippen molar-refractivity contribution in [3.63, 3.8) is 0 Å². The molecule has 27 heavy (non-hydrogen) atoms. The molecule has 1 aromatic heterocycles. The molecule has 1 aliphatic carbocycles. The third kappa shape index (κ3) is 4.08. The Kier molecular flexibility index (Phi) is 6.00. The van der Waals surface area contributed by atoms with Gasteiger partial charge in [0.05, 0.1) is 12.7 Å². The fraction of sp³-hybridized carbons (Fsp3) is 0.455. The smallest absolute Gasteiger partial charge is 0.341 e. The van der Waals surface area contributed by atoms with Crippen LogP contribution >= 0.6 is 11.3 Å². The van der Waals surface area contributed by atoms with Crippen LogP contribution in [0.3, 0.4) is 0 Å². The van der Waals surface area contributed by atoms with Crippen LogP contribution in [0, 0.1) is 5.92 Å². The minimum Gasteiger partial charge on any atom is -0.465 e. The van der Waals surface area contributed by atoms with Crippen molar-refractivity contribution in [2.75, 3.05) is 12.4 Å². The van der Waals surface area contributed by atoms with Crippen molar-refractivity contribution in [3.8, 4) is 0 Å². The number of benzene rings is 1. The molecule has 1 N–H and O–H groups in total. The van der Waals surface area contributed by atoms with Crippen LogP contribution in [-0.4, -0.2) is 19.0 Å². The van der Waals surface area contributed by atoms with E-state index < -0.39 is 0 Å². The van der Waals surface area contributed by atoms with Crippen LogP contribution in [0.1, 0.15) is 76.3 Å². The number of methoxy groups -OCH3 is 1. The molecular formula is C22H27NO3S. The highest BCUT2D eigenvalue weighted by atomic mass is 32.1. The molecule has 1 amide bonds. The van der Waals surface area contributed by atoms with Gasteiger partial charge in [0.2, 0.25) is 0 Å². The lowest BCUT2D eigenvalue weighted by molar-refractivity contribution is 0.0601. The Hall–Kier alpha value is -2.14. The summed E-state index contributed by atoms with van der Waals surface area (Å²) in [5, 5.41) is 3.57. The Morgan fingerprint density at radius 2 is 1.96 bits per heavy atom. The maximum absolute atomic E-state index is 12.7. The van der Waals surface area contributed by atoms with Crippen LogP contribution in [0.5, 0.6) is 0 Å². The van der Waals surface area contributed by atoms with Crippen molar-refractivity contribution < 1.29 is 14.3 Å². The molecule has 1 aliphatic rings. The fourth-order valence-electron chi connectivity index (χ4n) is 3.60. The van der Waals surface area contributed by atoms with Crippen molar-refractivity contribution in [2.45, 2.75) is 52.4 Å². The number of rotatable bonds is 5. The van der Waals surface area contributed by atoms with Gasteiger partial charge in [-0.2, -0.15) is 0 Å². The van der Waals surface area contributed by atoms with Gasteiger partial charge in [-0.3, -0.25) is 4.79 Å². The summed E-state index contributed by atoms with van der Waals surface area (Å²) in [5.41, 5.74) is 3.38. The largest absolute Gasteiger partial charge is 0.465 e. The molecule has 1 aromatic carbocycles. The summed E-state index contributed by atoms with van der Waals surface area (Å²) in [4.78, 5) is 26.3. The predicted molar refractivity (Wildman–Crippen MR) is 110 cm³/mol. The number of carbonyl (C=O) groups excluding carboxylic acids is 2.